The maximum Gasteiger partial charge on any atom is 0.414 e. The molecule has 4 atom stereocenters. The smallest absolute Gasteiger partial charge is 0.414 e. The van der Waals surface area contributed by atoms with Crippen LogP contribution in [0.5, 0.6) is 0 Å². The number of hydrogen-bond donors (Lipinski definition) is 2. The fourth-order valence-electron chi connectivity index (χ4n) is 5.86. The van der Waals surface area contributed by atoms with E-state index in [4.69, 9.17) is 9.72 Å². The van der Waals surface area contributed by atoms with Gasteiger partial charge in [0.25, 0.3) is 0 Å². The lowest BCUT2D eigenvalue weighted by atomic mass is 9.85. The topological polar surface area (TPSA) is 105 Å². The van der Waals surface area contributed by atoms with E-state index in [-0.39, 0.29) is 23.5 Å². The number of fused-ring (bicyclic) bond motifs is 3. The minimum Gasteiger partial charge on any atom is -0.481 e. The van der Waals surface area contributed by atoms with Gasteiger partial charge in [0.1, 0.15) is 23.6 Å². The Kier molecular flexibility index (Phi) is 6.61. The van der Waals surface area contributed by atoms with Crippen LogP contribution in [0.2, 0.25) is 0 Å². The van der Waals surface area contributed by atoms with Crippen molar-refractivity contribution >= 4 is 28.8 Å². The van der Waals surface area contributed by atoms with E-state index in [9.17, 15) is 28.6 Å². The zero-order valence-corrected chi connectivity index (χ0v) is 20.7. The van der Waals surface area contributed by atoms with E-state index in [1.165, 1.54) is 7.11 Å². The number of carbonyl (C=O) groups excluding carboxylic acids is 1. The molecule has 8 nitrogen and oxygen atoms in total. The van der Waals surface area contributed by atoms with Crippen LogP contribution in [0.15, 0.2) is 30.3 Å². The second-order valence-electron chi connectivity index (χ2n) is 9.92. The van der Waals surface area contributed by atoms with Crippen molar-refractivity contribution < 1.29 is 33.3 Å². The van der Waals surface area contributed by atoms with E-state index in [1.54, 1.807) is 21.6 Å². The van der Waals surface area contributed by atoms with Crippen LogP contribution in [0.3, 0.4) is 0 Å². The zero-order chi connectivity index (χ0) is 26.4. The first-order chi connectivity index (χ1) is 17.7. The van der Waals surface area contributed by atoms with Crippen molar-refractivity contribution in [3.05, 3.63) is 58.9 Å². The molecule has 2 aromatic carbocycles. The summed E-state index contributed by atoms with van der Waals surface area (Å²) >= 11 is 0. The number of aliphatic hydroxyl groups is 1. The second-order valence-corrected chi connectivity index (χ2v) is 9.92. The van der Waals surface area contributed by atoms with Crippen LogP contribution in [-0.2, 0) is 16.0 Å². The number of aliphatic carboxylic acids is 1. The van der Waals surface area contributed by atoms with Gasteiger partial charge in [-0.25, -0.2) is 18.6 Å². The minimum absolute atomic E-state index is 0.0967. The third-order valence-corrected chi connectivity index (χ3v) is 7.71. The van der Waals surface area contributed by atoms with Crippen LogP contribution in [0, 0.1) is 17.6 Å². The van der Waals surface area contributed by atoms with Crippen molar-refractivity contribution in [3.63, 3.8) is 0 Å². The summed E-state index contributed by atoms with van der Waals surface area (Å²) in [4.78, 5) is 30.7. The molecule has 3 aromatic rings. The molecule has 1 saturated carbocycles. The zero-order valence-electron chi connectivity index (χ0n) is 20.7. The third-order valence-electron chi connectivity index (χ3n) is 7.71. The molecule has 2 aliphatic rings. The number of aryl methyl sites for hydroxylation is 1. The van der Waals surface area contributed by atoms with Gasteiger partial charge in [0.05, 0.1) is 29.7 Å². The maximum atomic E-state index is 14.7. The number of aliphatic hydroxyl groups excluding tert-OH is 1. The highest BCUT2D eigenvalue weighted by atomic mass is 19.1. The van der Waals surface area contributed by atoms with E-state index < -0.39 is 35.7 Å². The molecule has 0 saturated heterocycles. The van der Waals surface area contributed by atoms with E-state index >= 15 is 0 Å². The number of carboxylic acid groups (broad SMARTS) is 1. The Morgan fingerprint density at radius 3 is 2.68 bits per heavy atom. The number of halogens is 2. The highest BCUT2D eigenvalue weighted by molar-refractivity contribution is 5.95. The normalized spacial score (nSPS) is 22.5. The number of benzene rings is 2. The number of nitrogens with zero attached hydrogens (tertiary/aromatic N) is 3. The average Bonchev–Trinajstić information content (AvgIpc) is 3.29. The van der Waals surface area contributed by atoms with Gasteiger partial charge in [-0.2, -0.15) is 0 Å². The van der Waals surface area contributed by atoms with E-state index in [0.717, 1.165) is 23.8 Å². The number of ether oxygens (including phenoxy) is 1. The summed E-state index contributed by atoms with van der Waals surface area (Å²) < 4.78 is 35.5. The lowest BCUT2D eigenvalue weighted by molar-refractivity contribution is -0.143. The summed E-state index contributed by atoms with van der Waals surface area (Å²) in [7, 11) is 1.32. The van der Waals surface area contributed by atoms with Crippen molar-refractivity contribution in [2.75, 3.05) is 12.0 Å². The molecule has 0 radical (unpaired) electrons. The molecule has 10 heteroatoms. The standard InChI is InChI=1S/C27H29F2N3O5/c1-14-6-8-18-21(31(14)27(36)37-2)10-11-22-23(18)30-25(24(33)19-13-16(28)7-9-20(19)29)32(22)17-5-3-4-15(12-17)26(34)35/h7,9-11,13-15,17,24,33H,3-6,8,12H2,1-2H3,(H,34,35)/t14-,15+,17+,24+/m0/s1. The number of amides is 1. The predicted octanol–water partition coefficient (Wildman–Crippen LogP) is 5.12. The fraction of sp³-hybridized carbons (Fsp3) is 0.444. The lowest BCUT2D eigenvalue weighted by Gasteiger charge is -2.34. The molecule has 196 valence electrons. The first-order valence-corrected chi connectivity index (χ1v) is 12.5. The number of hydrogen-bond acceptors (Lipinski definition) is 5. The van der Waals surface area contributed by atoms with Gasteiger partial charge >= 0.3 is 12.1 Å². The molecule has 0 bridgehead atoms. The van der Waals surface area contributed by atoms with Crippen LogP contribution in [0.25, 0.3) is 11.0 Å². The van der Waals surface area contributed by atoms with Crippen molar-refractivity contribution in [2.24, 2.45) is 5.92 Å². The van der Waals surface area contributed by atoms with Gasteiger partial charge in [0.2, 0.25) is 0 Å². The summed E-state index contributed by atoms with van der Waals surface area (Å²) in [5, 5.41) is 21.0. The summed E-state index contributed by atoms with van der Waals surface area (Å²) in [5.41, 5.74) is 2.38. The minimum atomic E-state index is -1.58. The van der Waals surface area contributed by atoms with Gasteiger partial charge in [-0.3, -0.25) is 9.69 Å². The first-order valence-electron chi connectivity index (χ1n) is 12.5. The summed E-state index contributed by atoms with van der Waals surface area (Å²) in [6.45, 7) is 1.93. The molecule has 1 aliphatic heterocycles. The van der Waals surface area contributed by atoms with E-state index in [0.29, 0.717) is 55.2 Å². The monoisotopic (exact) mass is 513 g/mol. The Bertz CT molecular complexity index is 1370. The fourth-order valence-corrected chi connectivity index (χ4v) is 5.86. The Morgan fingerprint density at radius 1 is 1.16 bits per heavy atom. The Hall–Kier alpha value is -3.53. The molecular weight excluding hydrogens is 484 g/mol. The summed E-state index contributed by atoms with van der Waals surface area (Å²) in [6, 6.07) is 6.07. The molecule has 1 amide bonds. The summed E-state index contributed by atoms with van der Waals surface area (Å²) in [6.07, 6.45) is 1.41. The van der Waals surface area contributed by atoms with Crippen LogP contribution >= 0.6 is 0 Å². The van der Waals surface area contributed by atoms with Gasteiger partial charge in [-0.1, -0.05) is 6.42 Å². The molecule has 1 fully saturated rings. The first kappa shape index (κ1) is 25.1. The van der Waals surface area contributed by atoms with Gasteiger partial charge in [0, 0.05) is 23.2 Å². The van der Waals surface area contributed by atoms with Crippen molar-refractivity contribution in [1.29, 1.82) is 0 Å². The Balaban J connectivity index is 1.71. The van der Waals surface area contributed by atoms with Gasteiger partial charge in [0.15, 0.2) is 0 Å². The predicted molar refractivity (Wildman–Crippen MR) is 131 cm³/mol. The lowest BCUT2D eigenvalue weighted by Crippen LogP contribution is -2.42. The largest absolute Gasteiger partial charge is 0.481 e. The Morgan fingerprint density at radius 2 is 1.95 bits per heavy atom. The van der Waals surface area contributed by atoms with Crippen molar-refractivity contribution in [2.45, 2.75) is 63.6 Å². The molecule has 1 aliphatic carbocycles. The molecule has 0 unspecified atom stereocenters. The maximum absolute atomic E-state index is 14.7. The van der Waals surface area contributed by atoms with Gasteiger partial charge in [-0.15, -0.1) is 0 Å². The van der Waals surface area contributed by atoms with Gasteiger partial charge < -0.3 is 19.5 Å². The number of imidazole rings is 1. The quantitative estimate of drug-likeness (QED) is 0.502. The highest BCUT2D eigenvalue weighted by Gasteiger charge is 2.36. The van der Waals surface area contributed by atoms with Crippen LogP contribution in [-0.4, -0.2) is 45.0 Å². The van der Waals surface area contributed by atoms with Crippen molar-refractivity contribution in [3.8, 4) is 0 Å². The van der Waals surface area contributed by atoms with Gasteiger partial charge in [-0.05, 0) is 69.4 Å². The third kappa shape index (κ3) is 4.33. The molecule has 37 heavy (non-hydrogen) atoms. The molecule has 0 spiro atoms. The molecule has 5 rings (SSSR count). The number of rotatable bonds is 4. The van der Waals surface area contributed by atoms with E-state index in [1.807, 2.05) is 6.92 Å². The molecule has 2 heterocycles. The number of carboxylic acids is 1. The van der Waals surface area contributed by atoms with Crippen molar-refractivity contribution in [1.82, 2.24) is 9.55 Å². The molecular formula is C27H29F2N3O5. The molecule has 1 aromatic heterocycles. The number of carbonyl (C=O) groups is 2. The van der Waals surface area contributed by atoms with Crippen LogP contribution in [0.4, 0.5) is 19.3 Å². The number of anilines is 1. The molecule has 2 N–H and O–H groups in total. The van der Waals surface area contributed by atoms with E-state index in [2.05, 4.69) is 0 Å². The van der Waals surface area contributed by atoms with Crippen LogP contribution < -0.4 is 4.90 Å². The van der Waals surface area contributed by atoms with Crippen LogP contribution in [0.1, 0.15) is 68.1 Å². The number of methoxy groups -OCH3 is 1. The Labute approximate surface area is 212 Å². The highest BCUT2D eigenvalue weighted by Crippen LogP contribution is 2.42. The number of aromatic nitrogens is 2. The second kappa shape index (κ2) is 9.74. The summed E-state index contributed by atoms with van der Waals surface area (Å²) in [5.74, 6) is -2.78. The average molecular weight is 514 g/mol. The SMILES string of the molecule is COC(=O)N1c2ccc3c(nc([C@H](O)c4cc(F)ccc4F)n3[C@@H]3CCC[C@@H](C(=O)O)C3)c2CC[C@@H]1C.